The molecule has 1 saturated heterocycles. The number of hydrogen-bond donors (Lipinski definition) is 1. The molecule has 172 valence electrons. The van der Waals surface area contributed by atoms with Gasteiger partial charge in [0.2, 0.25) is 5.91 Å². The number of halogens is 1. The summed E-state index contributed by atoms with van der Waals surface area (Å²) >= 11 is 0. The fraction of sp³-hybridized carbons (Fsp3) is 0.458. The first-order chi connectivity index (χ1) is 15.3. The first-order valence-corrected chi connectivity index (χ1v) is 11.2. The van der Waals surface area contributed by atoms with E-state index in [-0.39, 0.29) is 24.0 Å². The highest BCUT2D eigenvalue weighted by Crippen LogP contribution is 2.38. The number of benzene rings is 1. The van der Waals surface area contributed by atoms with Crippen LogP contribution in [0.4, 0.5) is 5.69 Å². The van der Waals surface area contributed by atoms with Gasteiger partial charge in [-0.25, -0.2) is 4.99 Å². The van der Waals surface area contributed by atoms with E-state index < -0.39 is 0 Å². The Labute approximate surface area is 207 Å². The highest BCUT2D eigenvalue weighted by Gasteiger charge is 2.32. The number of carbonyl (C=O) groups excluding carboxylic acids is 1. The Balaban J connectivity index is 0.00000289. The number of pyridine rings is 1. The van der Waals surface area contributed by atoms with E-state index in [2.05, 4.69) is 46.4 Å². The lowest BCUT2D eigenvalue weighted by atomic mass is 9.98. The van der Waals surface area contributed by atoms with Gasteiger partial charge in [-0.05, 0) is 43.5 Å². The Morgan fingerprint density at radius 1 is 1.28 bits per heavy atom. The summed E-state index contributed by atoms with van der Waals surface area (Å²) in [5.74, 6) is 2.32. The number of aliphatic imine (C=N–C) groups is 1. The number of amides is 1. The number of guanidine groups is 1. The number of anilines is 1. The molecule has 0 bridgehead atoms. The smallest absolute Gasteiger partial charge is 0.222 e. The van der Waals surface area contributed by atoms with Gasteiger partial charge in [-0.3, -0.25) is 9.78 Å². The molecular formula is C24H32IN5O2. The standard InChI is InChI=1S/C24H31N5O2.HI/c1-2-26-24(27-13-16-31-20-7-5-12-25-17-20)29-18-19(21-8-3-4-9-22(21)29)11-15-28-14-6-10-23(28)30;/h3-5,7-9,12,17,19H,2,6,10-11,13-16,18H2,1H3,(H,26,27);1H. The van der Waals surface area contributed by atoms with E-state index in [4.69, 9.17) is 9.73 Å². The molecule has 4 rings (SSSR count). The second-order valence-corrected chi connectivity index (χ2v) is 7.91. The minimum atomic E-state index is 0. The summed E-state index contributed by atoms with van der Waals surface area (Å²) in [5.41, 5.74) is 2.54. The molecule has 0 radical (unpaired) electrons. The molecule has 1 fully saturated rings. The maximum Gasteiger partial charge on any atom is 0.222 e. The summed E-state index contributed by atoms with van der Waals surface area (Å²) in [6, 6.07) is 12.3. The minimum Gasteiger partial charge on any atom is -0.490 e. The molecule has 1 unspecified atom stereocenters. The molecular weight excluding hydrogens is 517 g/mol. The van der Waals surface area contributed by atoms with Gasteiger partial charge in [0.25, 0.3) is 0 Å². The number of nitrogens with zero attached hydrogens (tertiary/aromatic N) is 4. The number of ether oxygens (including phenoxy) is 1. The summed E-state index contributed by atoms with van der Waals surface area (Å²) in [6.45, 7) is 6.54. The molecule has 8 heteroatoms. The van der Waals surface area contributed by atoms with Crippen LogP contribution in [0.1, 0.15) is 37.7 Å². The summed E-state index contributed by atoms with van der Waals surface area (Å²) in [4.78, 5) is 25.2. The largest absolute Gasteiger partial charge is 0.490 e. The number of fused-ring (bicyclic) bond motifs is 1. The van der Waals surface area contributed by atoms with Gasteiger partial charge in [0.15, 0.2) is 5.96 Å². The van der Waals surface area contributed by atoms with Crippen molar-refractivity contribution in [1.29, 1.82) is 0 Å². The lowest BCUT2D eigenvalue weighted by molar-refractivity contribution is -0.127. The fourth-order valence-corrected chi connectivity index (χ4v) is 4.34. The zero-order chi connectivity index (χ0) is 21.5. The maximum absolute atomic E-state index is 12.0. The molecule has 1 N–H and O–H groups in total. The minimum absolute atomic E-state index is 0. The number of carbonyl (C=O) groups is 1. The lowest BCUT2D eigenvalue weighted by Crippen LogP contribution is -2.41. The van der Waals surface area contributed by atoms with E-state index in [9.17, 15) is 4.79 Å². The number of hydrogen-bond acceptors (Lipinski definition) is 4. The van der Waals surface area contributed by atoms with Gasteiger partial charge >= 0.3 is 0 Å². The quantitative estimate of drug-likeness (QED) is 0.236. The molecule has 0 aliphatic carbocycles. The summed E-state index contributed by atoms with van der Waals surface area (Å²) in [7, 11) is 0. The third-order valence-corrected chi connectivity index (χ3v) is 5.84. The number of nitrogens with one attached hydrogen (secondary N) is 1. The van der Waals surface area contributed by atoms with Gasteiger partial charge in [-0.1, -0.05) is 18.2 Å². The molecule has 0 saturated carbocycles. The first-order valence-electron chi connectivity index (χ1n) is 11.2. The topological polar surface area (TPSA) is 70.1 Å². The molecule has 1 atom stereocenters. The van der Waals surface area contributed by atoms with Gasteiger partial charge in [0.05, 0.1) is 12.7 Å². The van der Waals surface area contributed by atoms with Gasteiger partial charge < -0.3 is 19.9 Å². The third-order valence-electron chi connectivity index (χ3n) is 5.84. The van der Waals surface area contributed by atoms with E-state index in [1.807, 2.05) is 17.0 Å². The van der Waals surface area contributed by atoms with Crippen molar-refractivity contribution in [3.63, 3.8) is 0 Å². The SMILES string of the molecule is CCNC(=NCCOc1cccnc1)N1CC(CCN2CCCC2=O)c2ccccc21.I. The zero-order valence-corrected chi connectivity index (χ0v) is 20.9. The van der Waals surface area contributed by atoms with Crippen LogP contribution >= 0.6 is 24.0 Å². The second kappa shape index (κ2) is 12.0. The molecule has 1 amide bonds. The molecule has 2 aromatic rings. The van der Waals surface area contributed by atoms with Crippen molar-refractivity contribution >= 4 is 41.5 Å². The predicted octanol–water partition coefficient (Wildman–Crippen LogP) is 3.66. The Morgan fingerprint density at radius 2 is 2.16 bits per heavy atom. The maximum atomic E-state index is 12.0. The summed E-state index contributed by atoms with van der Waals surface area (Å²) < 4.78 is 5.74. The van der Waals surface area contributed by atoms with Crippen molar-refractivity contribution in [2.45, 2.75) is 32.1 Å². The van der Waals surface area contributed by atoms with E-state index in [1.54, 1.807) is 12.4 Å². The van der Waals surface area contributed by atoms with Crippen molar-refractivity contribution < 1.29 is 9.53 Å². The van der Waals surface area contributed by atoms with Crippen LogP contribution in [0, 0.1) is 0 Å². The Morgan fingerprint density at radius 3 is 2.91 bits per heavy atom. The normalized spacial score (nSPS) is 17.8. The van der Waals surface area contributed by atoms with Crippen LogP contribution in [0.3, 0.4) is 0 Å². The highest BCUT2D eigenvalue weighted by molar-refractivity contribution is 14.0. The molecule has 2 aliphatic rings. The van der Waals surface area contributed by atoms with Crippen LogP contribution in [0.15, 0.2) is 53.8 Å². The number of rotatable bonds is 8. The lowest BCUT2D eigenvalue weighted by Gasteiger charge is -2.23. The van der Waals surface area contributed by atoms with Gasteiger partial charge in [0.1, 0.15) is 12.4 Å². The van der Waals surface area contributed by atoms with Crippen LogP contribution in [-0.2, 0) is 4.79 Å². The van der Waals surface area contributed by atoms with E-state index in [1.165, 1.54) is 11.3 Å². The van der Waals surface area contributed by atoms with Crippen LogP contribution < -0.4 is 15.0 Å². The molecule has 1 aromatic heterocycles. The monoisotopic (exact) mass is 549 g/mol. The second-order valence-electron chi connectivity index (χ2n) is 7.91. The molecule has 7 nitrogen and oxygen atoms in total. The van der Waals surface area contributed by atoms with Crippen molar-refractivity contribution in [2.24, 2.45) is 4.99 Å². The van der Waals surface area contributed by atoms with E-state index >= 15 is 0 Å². The first kappa shape index (κ1) is 24.3. The van der Waals surface area contributed by atoms with Crippen LogP contribution in [0.2, 0.25) is 0 Å². The van der Waals surface area contributed by atoms with Crippen LogP contribution in [0.25, 0.3) is 0 Å². The number of aromatic nitrogens is 1. The summed E-state index contributed by atoms with van der Waals surface area (Å²) in [5, 5.41) is 3.43. The van der Waals surface area contributed by atoms with Gasteiger partial charge in [0, 0.05) is 50.4 Å². The Hall–Kier alpha value is -2.36. The number of para-hydroxylation sites is 1. The average Bonchev–Trinajstić information content (AvgIpc) is 3.38. The predicted molar refractivity (Wildman–Crippen MR) is 138 cm³/mol. The third kappa shape index (κ3) is 5.90. The molecule has 2 aliphatic heterocycles. The van der Waals surface area contributed by atoms with Gasteiger partial charge in [-0.15, -0.1) is 24.0 Å². The number of likely N-dealkylation sites (tertiary alicyclic amines) is 1. The average molecular weight is 549 g/mol. The Bertz CT molecular complexity index is 908. The molecule has 3 heterocycles. The molecule has 0 spiro atoms. The van der Waals surface area contributed by atoms with E-state index in [0.29, 0.717) is 31.4 Å². The Kier molecular flexibility index (Phi) is 9.13. The highest BCUT2D eigenvalue weighted by atomic mass is 127. The van der Waals surface area contributed by atoms with Crippen molar-refractivity contribution in [2.75, 3.05) is 44.2 Å². The molecule has 32 heavy (non-hydrogen) atoms. The zero-order valence-electron chi connectivity index (χ0n) is 18.6. The van der Waals surface area contributed by atoms with Gasteiger partial charge in [-0.2, -0.15) is 0 Å². The van der Waals surface area contributed by atoms with E-state index in [0.717, 1.165) is 50.7 Å². The molecule has 1 aromatic carbocycles. The van der Waals surface area contributed by atoms with Crippen molar-refractivity contribution in [3.8, 4) is 5.75 Å². The summed E-state index contributed by atoms with van der Waals surface area (Å²) in [6.07, 6.45) is 6.11. The fourth-order valence-electron chi connectivity index (χ4n) is 4.34. The van der Waals surface area contributed by atoms with Crippen molar-refractivity contribution in [1.82, 2.24) is 15.2 Å². The van der Waals surface area contributed by atoms with Crippen LogP contribution in [-0.4, -0.2) is 61.1 Å². The van der Waals surface area contributed by atoms with Crippen molar-refractivity contribution in [3.05, 3.63) is 54.4 Å². The van der Waals surface area contributed by atoms with Crippen LogP contribution in [0.5, 0.6) is 5.75 Å².